The standard InChI is InChI=1S/C25H40O4/c1-20(18-25(3)19-21(2)23(28-29-25)17-24(26)27)13-9-6-4-5-7-10-14-22-15-11-8-12-16-22/h8,11-12,15-16,20-21,23H,4-7,9-10,13-14,17-19H2,1-3H3,(H,26,27). The number of carbonyl (C=O) groups is 1. The fraction of sp³-hybridized carbons (Fsp3) is 0.720. The van der Waals surface area contributed by atoms with Crippen molar-refractivity contribution in [3.8, 4) is 0 Å². The van der Waals surface area contributed by atoms with E-state index in [1.807, 2.05) is 0 Å². The molecule has 0 bridgehead atoms. The van der Waals surface area contributed by atoms with E-state index in [1.165, 1.54) is 56.9 Å². The second-order valence-corrected chi connectivity index (χ2v) is 9.40. The molecule has 1 heterocycles. The third-order valence-electron chi connectivity index (χ3n) is 6.17. The Labute approximate surface area is 176 Å². The van der Waals surface area contributed by atoms with Crippen molar-refractivity contribution in [3.05, 3.63) is 35.9 Å². The second-order valence-electron chi connectivity index (χ2n) is 9.40. The number of benzene rings is 1. The molecule has 4 heteroatoms. The average Bonchev–Trinajstić information content (AvgIpc) is 2.66. The van der Waals surface area contributed by atoms with Gasteiger partial charge in [0.25, 0.3) is 0 Å². The molecule has 1 N–H and O–H groups in total. The number of carboxylic acid groups (broad SMARTS) is 1. The van der Waals surface area contributed by atoms with Crippen LogP contribution in [0, 0.1) is 11.8 Å². The van der Waals surface area contributed by atoms with Crippen LogP contribution in [0.15, 0.2) is 30.3 Å². The van der Waals surface area contributed by atoms with Crippen molar-refractivity contribution in [3.63, 3.8) is 0 Å². The third kappa shape index (κ3) is 9.31. The first-order valence-electron chi connectivity index (χ1n) is 11.5. The van der Waals surface area contributed by atoms with Crippen LogP contribution in [-0.2, 0) is 21.0 Å². The minimum Gasteiger partial charge on any atom is -0.481 e. The first-order valence-corrected chi connectivity index (χ1v) is 11.5. The Kier molecular flexibility index (Phi) is 10.2. The van der Waals surface area contributed by atoms with Crippen LogP contribution in [0.25, 0.3) is 0 Å². The first-order chi connectivity index (χ1) is 13.9. The van der Waals surface area contributed by atoms with Crippen LogP contribution in [0.2, 0.25) is 0 Å². The summed E-state index contributed by atoms with van der Waals surface area (Å²) in [6.07, 6.45) is 11.8. The molecule has 2 rings (SSSR count). The summed E-state index contributed by atoms with van der Waals surface area (Å²) in [5, 5.41) is 8.96. The van der Waals surface area contributed by atoms with Crippen LogP contribution < -0.4 is 0 Å². The predicted molar refractivity (Wildman–Crippen MR) is 117 cm³/mol. The van der Waals surface area contributed by atoms with E-state index in [9.17, 15) is 4.79 Å². The summed E-state index contributed by atoms with van der Waals surface area (Å²) in [7, 11) is 0. The molecule has 1 aliphatic heterocycles. The largest absolute Gasteiger partial charge is 0.481 e. The Morgan fingerprint density at radius 2 is 1.79 bits per heavy atom. The molecular formula is C25H40O4. The van der Waals surface area contributed by atoms with Gasteiger partial charge < -0.3 is 5.11 Å². The van der Waals surface area contributed by atoms with Crippen molar-refractivity contribution in [2.45, 2.75) is 103 Å². The number of rotatable bonds is 13. The van der Waals surface area contributed by atoms with Crippen molar-refractivity contribution in [2.24, 2.45) is 11.8 Å². The van der Waals surface area contributed by atoms with Crippen molar-refractivity contribution in [2.75, 3.05) is 0 Å². The van der Waals surface area contributed by atoms with Gasteiger partial charge in [-0.25, -0.2) is 9.78 Å². The Bertz CT molecular complexity index is 588. The summed E-state index contributed by atoms with van der Waals surface area (Å²) in [4.78, 5) is 22.0. The van der Waals surface area contributed by atoms with E-state index >= 15 is 0 Å². The van der Waals surface area contributed by atoms with E-state index in [1.54, 1.807) is 0 Å². The van der Waals surface area contributed by atoms with Gasteiger partial charge in [-0.2, -0.15) is 0 Å². The monoisotopic (exact) mass is 404 g/mol. The molecule has 0 spiro atoms. The Morgan fingerprint density at radius 3 is 2.45 bits per heavy atom. The molecule has 0 saturated carbocycles. The predicted octanol–water partition coefficient (Wildman–Crippen LogP) is 6.58. The maximum atomic E-state index is 10.9. The van der Waals surface area contributed by atoms with Gasteiger partial charge in [0.2, 0.25) is 0 Å². The summed E-state index contributed by atoms with van der Waals surface area (Å²) in [6.45, 7) is 6.46. The van der Waals surface area contributed by atoms with E-state index in [0.29, 0.717) is 5.92 Å². The van der Waals surface area contributed by atoms with Crippen molar-refractivity contribution >= 4 is 5.97 Å². The van der Waals surface area contributed by atoms with E-state index in [0.717, 1.165) is 12.8 Å². The smallest absolute Gasteiger partial charge is 0.306 e. The van der Waals surface area contributed by atoms with Gasteiger partial charge in [0.1, 0.15) is 11.7 Å². The summed E-state index contributed by atoms with van der Waals surface area (Å²) >= 11 is 0. The van der Waals surface area contributed by atoms with E-state index in [-0.39, 0.29) is 24.0 Å². The molecule has 164 valence electrons. The lowest BCUT2D eigenvalue weighted by atomic mass is 9.81. The Hall–Kier alpha value is -1.39. The van der Waals surface area contributed by atoms with Gasteiger partial charge in [0.15, 0.2) is 0 Å². The SMILES string of the molecule is CC(CCCCCCCCc1ccccc1)CC1(C)CC(C)C(CC(=O)O)OO1. The van der Waals surface area contributed by atoms with E-state index < -0.39 is 5.97 Å². The van der Waals surface area contributed by atoms with Gasteiger partial charge in [0, 0.05) is 0 Å². The highest BCUT2D eigenvalue weighted by molar-refractivity contribution is 5.67. The lowest BCUT2D eigenvalue weighted by Gasteiger charge is -2.40. The molecule has 29 heavy (non-hydrogen) atoms. The van der Waals surface area contributed by atoms with Gasteiger partial charge in [-0.1, -0.05) is 82.7 Å². The van der Waals surface area contributed by atoms with Crippen molar-refractivity contribution in [1.29, 1.82) is 0 Å². The van der Waals surface area contributed by atoms with Gasteiger partial charge in [-0.15, -0.1) is 0 Å². The van der Waals surface area contributed by atoms with Crippen LogP contribution in [-0.4, -0.2) is 22.8 Å². The summed E-state index contributed by atoms with van der Waals surface area (Å²) < 4.78 is 0. The van der Waals surface area contributed by atoms with E-state index in [4.69, 9.17) is 14.9 Å². The first kappa shape index (κ1) is 23.9. The summed E-state index contributed by atoms with van der Waals surface area (Å²) in [5.41, 5.74) is 1.15. The van der Waals surface area contributed by atoms with Gasteiger partial charge >= 0.3 is 5.97 Å². The highest BCUT2D eigenvalue weighted by atomic mass is 17.2. The maximum Gasteiger partial charge on any atom is 0.306 e. The van der Waals surface area contributed by atoms with Crippen LogP contribution >= 0.6 is 0 Å². The molecule has 0 aliphatic carbocycles. The molecule has 1 aromatic rings. The average molecular weight is 405 g/mol. The molecule has 1 fully saturated rings. The molecule has 0 radical (unpaired) electrons. The molecular weight excluding hydrogens is 364 g/mol. The lowest BCUT2D eigenvalue weighted by Crippen LogP contribution is -2.44. The topological polar surface area (TPSA) is 55.8 Å². The fourth-order valence-corrected chi connectivity index (χ4v) is 4.66. The minimum absolute atomic E-state index is 0.0121. The minimum atomic E-state index is -0.831. The molecule has 1 aliphatic rings. The zero-order valence-electron chi connectivity index (χ0n) is 18.6. The molecule has 4 unspecified atom stereocenters. The quantitative estimate of drug-likeness (QED) is 0.298. The van der Waals surface area contributed by atoms with Gasteiger partial charge in [-0.05, 0) is 50.0 Å². The van der Waals surface area contributed by atoms with E-state index in [2.05, 4.69) is 51.1 Å². The number of hydrogen-bond donors (Lipinski definition) is 1. The number of carboxylic acids is 1. The number of unbranched alkanes of at least 4 members (excludes halogenated alkanes) is 5. The summed E-state index contributed by atoms with van der Waals surface area (Å²) in [5.74, 6) is -0.0414. The zero-order valence-corrected chi connectivity index (χ0v) is 18.6. The van der Waals surface area contributed by atoms with Gasteiger partial charge in [-0.3, -0.25) is 4.79 Å². The second kappa shape index (κ2) is 12.3. The molecule has 0 aromatic heterocycles. The molecule has 4 nitrogen and oxygen atoms in total. The van der Waals surface area contributed by atoms with Crippen molar-refractivity contribution < 1.29 is 19.7 Å². The van der Waals surface area contributed by atoms with Crippen LogP contribution in [0.3, 0.4) is 0 Å². The number of aliphatic carboxylic acids is 1. The molecule has 0 amide bonds. The molecule has 1 aromatic carbocycles. The van der Waals surface area contributed by atoms with Crippen LogP contribution in [0.4, 0.5) is 0 Å². The number of hydrogen-bond acceptors (Lipinski definition) is 3. The van der Waals surface area contributed by atoms with Gasteiger partial charge in [0.05, 0.1) is 6.42 Å². The normalized spacial score (nSPS) is 25.6. The molecule has 1 saturated heterocycles. The molecule has 4 atom stereocenters. The van der Waals surface area contributed by atoms with Crippen LogP contribution in [0.5, 0.6) is 0 Å². The highest BCUT2D eigenvalue weighted by Gasteiger charge is 2.40. The number of aryl methyl sites for hydroxylation is 1. The zero-order chi connectivity index (χ0) is 21.1. The lowest BCUT2D eigenvalue weighted by molar-refractivity contribution is -0.418. The Morgan fingerprint density at radius 1 is 1.14 bits per heavy atom. The highest BCUT2D eigenvalue weighted by Crippen LogP contribution is 2.37. The fourth-order valence-electron chi connectivity index (χ4n) is 4.66. The van der Waals surface area contributed by atoms with Crippen molar-refractivity contribution in [1.82, 2.24) is 0 Å². The Balaban J connectivity index is 1.52. The van der Waals surface area contributed by atoms with Crippen LogP contribution in [0.1, 0.15) is 90.5 Å². The maximum absolute atomic E-state index is 10.9. The third-order valence-corrected chi connectivity index (χ3v) is 6.17. The summed E-state index contributed by atoms with van der Waals surface area (Å²) in [6, 6.07) is 10.8.